The summed E-state index contributed by atoms with van der Waals surface area (Å²) >= 11 is 1.38. The molecule has 0 aliphatic carbocycles. The molecule has 4 N–H and O–H groups in total. The van der Waals surface area contributed by atoms with Crippen LogP contribution in [0.3, 0.4) is 0 Å². The molecular formula is C15H15N7O2S. The number of rotatable bonds is 7. The topological polar surface area (TPSA) is 140 Å². The average molecular weight is 357 g/mol. The normalized spacial score (nSPS) is 10.6. The van der Waals surface area contributed by atoms with E-state index in [2.05, 4.69) is 30.5 Å². The Hall–Kier alpha value is -3.14. The largest absolute Gasteiger partial charge is 0.478 e. The van der Waals surface area contributed by atoms with Crippen LogP contribution in [0.1, 0.15) is 21.8 Å². The van der Waals surface area contributed by atoms with Gasteiger partial charge < -0.3 is 16.2 Å². The maximum Gasteiger partial charge on any atom is 0.335 e. The fourth-order valence-electron chi connectivity index (χ4n) is 2.10. The summed E-state index contributed by atoms with van der Waals surface area (Å²) in [5.41, 5.74) is 6.74. The van der Waals surface area contributed by atoms with Crippen LogP contribution in [-0.2, 0) is 6.42 Å². The summed E-state index contributed by atoms with van der Waals surface area (Å²) in [4.78, 5) is 23.7. The predicted molar refractivity (Wildman–Crippen MR) is 93.4 cm³/mol. The van der Waals surface area contributed by atoms with E-state index in [9.17, 15) is 4.79 Å². The molecule has 0 atom stereocenters. The Kier molecular flexibility index (Phi) is 5.09. The molecule has 0 bridgehead atoms. The standard InChI is InChI=1S/C15H15N7O2S/c16-14-22-21-12(25-14)2-1-5-18-15-19-7-4-10(20-15)11-8-9(13(23)24)3-6-17-11/h3-4,6-8H,1-2,5H2,(H2,16,22)(H,23,24)(H,18,19,20). The van der Waals surface area contributed by atoms with Crippen molar-refractivity contribution in [2.75, 3.05) is 17.6 Å². The summed E-state index contributed by atoms with van der Waals surface area (Å²) in [6.07, 6.45) is 4.64. The first kappa shape index (κ1) is 16.7. The molecule has 25 heavy (non-hydrogen) atoms. The number of anilines is 2. The Balaban J connectivity index is 1.61. The molecular weight excluding hydrogens is 342 g/mol. The summed E-state index contributed by atoms with van der Waals surface area (Å²) in [7, 11) is 0. The quantitative estimate of drug-likeness (QED) is 0.539. The number of aryl methyl sites for hydroxylation is 1. The van der Waals surface area contributed by atoms with Gasteiger partial charge in [-0.05, 0) is 24.6 Å². The number of pyridine rings is 1. The highest BCUT2D eigenvalue weighted by atomic mass is 32.1. The Bertz CT molecular complexity index is 884. The van der Waals surface area contributed by atoms with Crippen molar-refractivity contribution >= 4 is 28.4 Å². The van der Waals surface area contributed by atoms with Crippen molar-refractivity contribution in [2.24, 2.45) is 0 Å². The van der Waals surface area contributed by atoms with Crippen LogP contribution in [0.5, 0.6) is 0 Å². The molecule has 0 unspecified atom stereocenters. The number of aromatic carboxylic acids is 1. The maximum absolute atomic E-state index is 11.1. The first-order valence-corrected chi connectivity index (χ1v) is 8.28. The first-order chi connectivity index (χ1) is 12.1. The molecule has 3 aromatic rings. The van der Waals surface area contributed by atoms with Crippen molar-refractivity contribution in [3.8, 4) is 11.4 Å². The molecule has 0 saturated heterocycles. The van der Waals surface area contributed by atoms with Crippen LogP contribution in [0.15, 0.2) is 30.6 Å². The van der Waals surface area contributed by atoms with E-state index >= 15 is 0 Å². The lowest BCUT2D eigenvalue weighted by Crippen LogP contribution is -2.07. The van der Waals surface area contributed by atoms with Gasteiger partial charge in [0.2, 0.25) is 11.1 Å². The molecule has 3 heterocycles. The van der Waals surface area contributed by atoms with Crippen LogP contribution in [0.2, 0.25) is 0 Å². The van der Waals surface area contributed by atoms with Crippen molar-refractivity contribution in [1.29, 1.82) is 0 Å². The van der Waals surface area contributed by atoms with E-state index < -0.39 is 5.97 Å². The predicted octanol–water partition coefficient (Wildman–Crippen LogP) is 1.72. The van der Waals surface area contributed by atoms with Gasteiger partial charge in [-0.25, -0.2) is 14.8 Å². The summed E-state index contributed by atoms with van der Waals surface area (Å²) in [6, 6.07) is 4.60. The molecule has 0 fully saturated rings. The smallest absolute Gasteiger partial charge is 0.335 e. The fraction of sp³-hybridized carbons (Fsp3) is 0.200. The highest BCUT2D eigenvalue weighted by Crippen LogP contribution is 2.17. The number of nitrogens with one attached hydrogen (secondary N) is 1. The molecule has 0 saturated carbocycles. The van der Waals surface area contributed by atoms with Crippen molar-refractivity contribution < 1.29 is 9.90 Å². The lowest BCUT2D eigenvalue weighted by molar-refractivity contribution is 0.0697. The van der Waals surface area contributed by atoms with Gasteiger partial charge >= 0.3 is 5.97 Å². The Morgan fingerprint density at radius 2 is 2.04 bits per heavy atom. The van der Waals surface area contributed by atoms with Crippen LogP contribution < -0.4 is 11.1 Å². The van der Waals surface area contributed by atoms with Crippen molar-refractivity contribution in [3.63, 3.8) is 0 Å². The third-order valence-electron chi connectivity index (χ3n) is 3.26. The number of carboxylic acid groups (broad SMARTS) is 1. The molecule has 0 radical (unpaired) electrons. The van der Waals surface area contributed by atoms with Crippen molar-refractivity contribution in [3.05, 3.63) is 41.2 Å². The van der Waals surface area contributed by atoms with Gasteiger partial charge in [0.25, 0.3) is 0 Å². The molecule has 0 spiro atoms. The highest BCUT2D eigenvalue weighted by Gasteiger charge is 2.08. The van der Waals surface area contributed by atoms with E-state index in [-0.39, 0.29) is 5.56 Å². The molecule has 9 nitrogen and oxygen atoms in total. The van der Waals surface area contributed by atoms with Crippen LogP contribution in [-0.4, -0.2) is 42.8 Å². The van der Waals surface area contributed by atoms with E-state index in [4.69, 9.17) is 10.8 Å². The van der Waals surface area contributed by atoms with Gasteiger partial charge in [-0.15, -0.1) is 10.2 Å². The number of hydrogen-bond donors (Lipinski definition) is 3. The second-order valence-electron chi connectivity index (χ2n) is 5.06. The van der Waals surface area contributed by atoms with Gasteiger partial charge in [-0.1, -0.05) is 11.3 Å². The van der Waals surface area contributed by atoms with Crippen molar-refractivity contribution in [1.82, 2.24) is 25.1 Å². The monoisotopic (exact) mass is 357 g/mol. The lowest BCUT2D eigenvalue weighted by Gasteiger charge is -2.06. The summed E-state index contributed by atoms with van der Waals surface area (Å²) < 4.78 is 0. The molecule has 0 aromatic carbocycles. The van der Waals surface area contributed by atoms with Gasteiger partial charge in [0.05, 0.1) is 17.0 Å². The summed E-state index contributed by atoms with van der Waals surface area (Å²) in [5, 5.41) is 21.3. The van der Waals surface area contributed by atoms with Gasteiger partial charge in [-0.2, -0.15) is 0 Å². The molecule has 3 rings (SSSR count). The molecule has 3 aromatic heterocycles. The summed E-state index contributed by atoms with van der Waals surface area (Å²) in [5.74, 6) is -0.551. The van der Waals surface area contributed by atoms with E-state index in [0.29, 0.717) is 29.0 Å². The third kappa shape index (κ3) is 4.44. The fourth-order valence-corrected chi connectivity index (χ4v) is 2.75. The van der Waals surface area contributed by atoms with Gasteiger partial charge in [0, 0.05) is 25.4 Å². The second-order valence-corrected chi connectivity index (χ2v) is 6.16. The van der Waals surface area contributed by atoms with Crippen LogP contribution in [0, 0.1) is 0 Å². The Morgan fingerprint density at radius 1 is 1.20 bits per heavy atom. The summed E-state index contributed by atoms with van der Waals surface area (Å²) in [6.45, 7) is 0.658. The number of carbonyl (C=O) groups is 1. The van der Waals surface area contributed by atoms with E-state index in [1.165, 1.54) is 29.7 Å². The number of nitrogen functional groups attached to an aromatic ring is 1. The van der Waals surface area contributed by atoms with Crippen LogP contribution >= 0.6 is 11.3 Å². The molecule has 0 amide bonds. The van der Waals surface area contributed by atoms with E-state index in [1.54, 1.807) is 12.3 Å². The SMILES string of the molecule is Nc1nnc(CCCNc2nccc(-c3cc(C(=O)O)ccn3)n2)s1. The number of aromatic nitrogens is 5. The Morgan fingerprint density at radius 3 is 2.80 bits per heavy atom. The first-order valence-electron chi connectivity index (χ1n) is 7.46. The number of carboxylic acids is 1. The number of nitrogens with two attached hydrogens (primary N) is 1. The minimum Gasteiger partial charge on any atom is -0.478 e. The highest BCUT2D eigenvalue weighted by molar-refractivity contribution is 7.15. The third-order valence-corrected chi connectivity index (χ3v) is 4.07. The molecule has 10 heteroatoms. The van der Waals surface area contributed by atoms with Crippen LogP contribution in [0.25, 0.3) is 11.4 Å². The average Bonchev–Trinajstić information content (AvgIpc) is 3.04. The maximum atomic E-state index is 11.1. The zero-order valence-electron chi connectivity index (χ0n) is 13.1. The van der Waals surface area contributed by atoms with Gasteiger partial charge in [-0.3, -0.25) is 4.98 Å². The van der Waals surface area contributed by atoms with E-state index in [1.807, 2.05) is 0 Å². The van der Waals surface area contributed by atoms with Gasteiger partial charge in [0.1, 0.15) is 5.01 Å². The number of nitrogens with zero attached hydrogens (tertiary/aromatic N) is 5. The minimum absolute atomic E-state index is 0.162. The van der Waals surface area contributed by atoms with Crippen molar-refractivity contribution in [2.45, 2.75) is 12.8 Å². The van der Waals surface area contributed by atoms with Gasteiger partial charge in [0.15, 0.2) is 0 Å². The zero-order valence-corrected chi connectivity index (χ0v) is 13.9. The van der Waals surface area contributed by atoms with E-state index in [0.717, 1.165) is 17.8 Å². The Labute approximate surface area is 147 Å². The zero-order chi connectivity index (χ0) is 17.6. The number of hydrogen-bond acceptors (Lipinski definition) is 9. The minimum atomic E-state index is -1.01. The molecule has 0 aliphatic rings. The molecule has 128 valence electrons. The lowest BCUT2D eigenvalue weighted by atomic mass is 10.2. The van der Waals surface area contributed by atoms with Crippen LogP contribution in [0.4, 0.5) is 11.1 Å². The second kappa shape index (κ2) is 7.62. The molecule has 0 aliphatic heterocycles.